The van der Waals surface area contributed by atoms with Gasteiger partial charge in [0, 0.05) is 19.3 Å². The Bertz CT molecular complexity index is 1040. The maximum absolute atomic E-state index is 12.8. The molecule has 0 aliphatic heterocycles. The Balaban J connectivity index is 4.41. The van der Waals surface area contributed by atoms with Crippen molar-refractivity contribution < 1.29 is 28.6 Å². The van der Waals surface area contributed by atoms with Crippen LogP contribution in [0.15, 0.2) is 48.6 Å². The van der Waals surface area contributed by atoms with E-state index in [2.05, 4.69) is 69.4 Å². The minimum Gasteiger partial charge on any atom is -0.462 e. The second kappa shape index (κ2) is 48.0. The highest BCUT2D eigenvalue weighted by Crippen LogP contribution is 2.14. The predicted octanol–water partition coefficient (Wildman–Crippen LogP) is 16.3. The van der Waals surface area contributed by atoms with Gasteiger partial charge in [-0.3, -0.25) is 14.4 Å². The molecule has 1 unspecified atom stereocenters. The lowest BCUT2D eigenvalue weighted by Gasteiger charge is -2.18. The van der Waals surface area contributed by atoms with E-state index in [1.807, 2.05) is 0 Å². The Morgan fingerprint density at radius 2 is 0.627 bits per heavy atom. The number of unbranched alkanes of at least 4 members (excludes halogenated alkanes) is 26. The standard InChI is InChI=1S/C53H94O6/c1-4-7-10-13-16-19-22-25-27-29-31-34-37-40-43-46-52(55)58-49-50(48-57-51(54)45-42-39-36-33-30-24-21-18-15-12-9-6-3)59-53(56)47-44-41-38-35-32-28-26-23-20-17-14-11-8-5-2/h14,17-18,21,23,25-27,50H,4-13,15-16,19-20,22,24,28-49H2,1-3H3/b17-14-,21-18-,26-23-,27-25-. The molecule has 0 saturated heterocycles. The van der Waals surface area contributed by atoms with Gasteiger partial charge in [-0.15, -0.1) is 0 Å². The fourth-order valence-corrected chi connectivity index (χ4v) is 6.92. The summed E-state index contributed by atoms with van der Waals surface area (Å²) in [6.07, 6.45) is 56.6. The molecular formula is C53H94O6. The average Bonchev–Trinajstić information content (AvgIpc) is 3.23. The van der Waals surface area contributed by atoms with Crippen LogP contribution in [0.4, 0.5) is 0 Å². The summed E-state index contributed by atoms with van der Waals surface area (Å²) in [7, 11) is 0. The molecular weight excluding hydrogens is 733 g/mol. The molecule has 59 heavy (non-hydrogen) atoms. The van der Waals surface area contributed by atoms with Crippen molar-refractivity contribution in [2.24, 2.45) is 0 Å². The van der Waals surface area contributed by atoms with Crippen LogP contribution in [0, 0.1) is 0 Å². The Morgan fingerprint density at radius 1 is 0.339 bits per heavy atom. The van der Waals surface area contributed by atoms with Crippen molar-refractivity contribution in [1.29, 1.82) is 0 Å². The fourth-order valence-electron chi connectivity index (χ4n) is 6.92. The molecule has 0 saturated carbocycles. The van der Waals surface area contributed by atoms with Crippen molar-refractivity contribution in [1.82, 2.24) is 0 Å². The van der Waals surface area contributed by atoms with Gasteiger partial charge in [-0.25, -0.2) is 0 Å². The van der Waals surface area contributed by atoms with E-state index in [4.69, 9.17) is 14.2 Å². The molecule has 0 rings (SSSR count). The van der Waals surface area contributed by atoms with E-state index in [0.29, 0.717) is 19.3 Å². The monoisotopic (exact) mass is 827 g/mol. The molecule has 0 bridgehead atoms. The summed E-state index contributed by atoms with van der Waals surface area (Å²) in [5.41, 5.74) is 0. The summed E-state index contributed by atoms with van der Waals surface area (Å²) in [6, 6.07) is 0. The number of esters is 3. The van der Waals surface area contributed by atoms with Crippen LogP contribution in [-0.4, -0.2) is 37.2 Å². The SMILES string of the molecule is CCCC/C=C\C/C=C\CCCCCCCC(=O)OC(COC(=O)CCCCCCC/C=C\CCCCC)COC(=O)CCCCCCC/C=C\CCCCCCCC. The Kier molecular flexibility index (Phi) is 45.9. The van der Waals surface area contributed by atoms with E-state index in [1.54, 1.807) is 0 Å². The van der Waals surface area contributed by atoms with Crippen molar-refractivity contribution in [3.8, 4) is 0 Å². The molecule has 0 aromatic rings. The van der Waals surface area contributed by atoms with E-state index in [1.165, 1.54) is 116 Å². The van der Waals surface area contributed by atoms with Gasteiger partial charge >= 0.3 is 17.9 Å². The third-order valence-corrected chi connectivity index (χ3v) is 10.8. The topological polar surface area (TPSA) is 78.9 Å². The van der Waals surface area contributed by atoms with Crippen LogP contribution in [0.25, 0.3) is 0 Å². The second-order valence-electron chi connectivity index (χ2n) is 16.7. The molecule has 1 atom stereocenters. The quantitative estimate of drug-likeness (QED) is 0.0263. The number of hydrogen-bond donors (Lipinski definition) is 0. The Labute approximate surface area is 365 Å². The minimum atomic E-state index is -0.784. The molecule has 0 aliphatic carbocycles. The second-order valence-corrected chi connectivity index (χ2v) is 16.7. The van der Waals surface area contributed by atoms with Gasteiger partial charge in [-0.05, 0) is 96.3 Å². The van der Waals surface area contributed by atoms with Gasteiger partial charge in [0.2, 0.25) is 0 Å². The van der Waals surface area contributed by atoms with Gasteiger partial charge in [0.1, 0.15) is 13.2 Å². The first-order valence-corrected chi connectivity index (χ1v) is 25.1. The average molecular weight is 827 g/mol. The number of rotatable bonds is 45. The van der Waals surface area contributed by atoms with E-state index >= 15 is 0 Å². The first kappa shape index (κ1) is 56.4. The minimum absolute atomic E-state index is 0.0853. The molecule has 0 heterocycles. The largest absolute Gasteiger partial charge is 0.462 e. The summed E-state index contributed by atoms with van der Waals surface area (Å²) >= 11 is 0. The predicted molar refractivity (Wildman–Crippen MR) is 252 cm³/mol. The van der Waals surface area contributed by atoms with Gasteiger partial charge in [-0.1, -0.05) is 185 Å². The van der Waals surface area contributed by atoms with Crippen LogP contribution in [0.3, 0.4) is 0 Å². The van der Waals surface area contributed by atoms with Crippen molar-refractivity contribution in [2.75, 3.05) is 13.2 Å². The molecule has 0 aromatic heterocycles. The summed E-state index contributed by atoms with van der Waals surface area (Å²) in [5.74, 6) is -0.913. The van der Waals surface area contributed by atoms with E-state index < -0.39 is 6.10 Å². The van der Waals surface area contributed by atoms with Gasteiger partial charge in [0.15, 0.2) is 6.10 Å². The molecule has 0 aromatic carbocycles. The zero-order valence-electron chi connectivity index (χ0n) is 39.0. The number of allylic oxidation sites excluding steroid dienone is 8. The fraction of sp³-hybridized carbons (Fsp3) is 0.792. The molecule has 0 aliphatic rings. The molecule has 6 heteroatoms. The summed E-state index contributed by atoms with van der Waals surface area (Å²) < 4.78 is 16.7. The van der Waals surface area contributed by atoms with Crippen LogP contribution in [0.2, 0.25) is 0 Å². The maximum atomic E-state index is 12.8. The first-order chi connectivity index (χ1) is 29.0. The summed E-state index contributed by atoms with van der Waals surface area (Å²) in [4.78, 5) is 37.9. The number of carbonyl (C=O) groups excluding carboxylic acids is 3. The molecule has 342 valence electrons. The van der Waals surface area contributed by atoms with E-state index in [0.717, 1.165) is 96.3 Å². The highest BCUT2D eigenvalue weighted by Gasteiger charge is 2.19. The molecule has 0 amide bonds. The van der Waals surface area contributed by atoms with Gasteiger partial charge in [0.25, 0.3) is 0 Å². The van der Waals surface area contributed by atoms with Crippen LogP contribution in [0.1, 0.15) is 252 Å². The lowest BCUT2D eigenvalue weighted by molar-refractivity contribution is -0.167. The van der Waals surface area contributed by atoms with Crippen LogP contribution in [-0.2, 0) is 28.6 Å². The zero-order valence-corrected chi connectivity index (χ0v) is 39.0. The lowest BCUT2D eigenvalue weighted by Crippen LogP contribution is -2.30. The highest BCUT2D eigenvalue weighted by atomic mass is 16.6. The van der Waals surface area contributed by atoms with E-state index in [9.17, 15) is 14.4 Å². The van der Waals surface area contributed by atoms with Gasteiger partial charge in [0.05, 0.1) is 0 Å². The molecule has 6 nitrogen and oxygen atoms in total. The number of ether oxygens (including phenoxy) is 3. The van der Waals surface area contributed by atoms with Crippen molar-refractivity contribution >= 4 is 17.9 Å². The smallest absolute Gasteiger partial charge is 0.306 e. The maximum Gasteiger partial charge on any atom is 0.306 e. The van der Waals surface area contributed by atoms with Crippen LogP contribution in [0.5, 0.6) is 0 Å². The Morgan fingerprint density at radius 3 is 1.03 bits per heavy atom. The van der Waals surface area contributed by atoms with Crippen LogP contribution < -0.4 is 0 Å². The third kappa shape index (κ3) is 46.3. The highest BCUT2D eigenvalue weighted by molar-refractivity contribution is 5.71. The summed E-state index contributed by atoms with van der Waals surface area (Å²) in [5, 5.41) is 0. The molecule has 0 radical (unpaired) electrons. The molecule has 0 N–H and O–H groups in total. The molecule has 0 spiro atoms. The first-order valence-electron chi connectivity index (χ1n) is 25.1. The molecule has 0 fully saturated rings. The Hall–Kier alpha value is -2.63. The lowest BCUT2D eigenvalue weighted by atomic mass is 10.1. The van der Waals surface area contributed by atoms with Gasteiger partial charge < -0.3 is 14.2 Å². The van der Waals surface area contributed by atoms with Crippen molar-refractivity contribution in [2.45, 2.75) is 258 Å². The number of carbonyl (C=O) groups is 3. The zero-order chi connectivity index (χ0) is 43.0. The van der Waals surface area contributed by atoms with Crippen molar-refractivity contribution in [3.63, 3.8) is 0 Å². The third-order valence-electron chi connectivity index (χ3n) is 10.8. The normalized spacial score (nSPS) is 12.4. The van der Waals surface area contributed by atoms with E-state index in [-0.39, 0.29) is 31.1 Å². The van der Waals surface area contributed by atoms with Gasteiger partial charge in [-0.2, -0.15) is 0 Å². The van der Waals surface area contributed by atoms with Crippen LogP contribution >= 0.6 is 0 Å². The summed E-state index contributed by atoms with van der Waals surface area (Å²) in [6.45, 7) is 6.54. The number of hydrogen-bond acceptors (Lipinski definition) is 6. The van der Waals surface area contributed by atoms with Crippen molar-refractivity contribution in [3.05, 3.63) is 48.6 Å².